The molecule has 0 aliphatic heterocycles. The van der Waals surface area contributed by atoms with Crippen molar-refractivity contribution in [1.82, 2.24) is 0 Å². The highest BCUT2D eigenvalue weighted by atomic mass is 31.2. The Morgan fingerprint density at radius 2 is 0.857 bits per heavy atom. The lowest BCUT2D eigenvalue weighted by Crippen LogP contribution is -1.99. The second-order valence-electron chi connectivity index (χ2n) is 7.01. The number of rotatable bonds is 13. The van der Waals surface area contributed by atoms with Crippen molar-refractivity contribution in [2.75, 3.05) is 26.4 Å². The van der Waals surface area contributed by atoms with E-state index in [9.17, 15) is 9.13 Å². The molecule has 35 heavy (non-hydrogen) atoms. The van der Waals surface area contributed by atoms with Crippen LogP contribution in [0, 0.1) is 0 Å². The zero-order valence-corrected chi connectivity index (χ0v) is 24.3. The van der Waals surface area contributed by atoms with Crippen LogP contribution in [0.5, 0.6) is 0 Å². The fourth-order valence-electron chi connectivity index (χ4n) is 3.10. The van der Waals surface area contributed by atoms with Gasteiger partial charge in [-0.05, 0) is 56.9 Å². The molecule has 0 N–H and O–H groups in total. The zero-order chi connectivity index (χ0) is 26.7. The van der Waals surface area contributed by atoms with E-state index in [0.717, 1.165) is 22.3 Å². The summed E-state index contributed by atoms with van der Waals surface area (Å²) < 4.78 is 46.9. The molecule has 0 atom stereocenters. The Hall–Kier alpha value is -1.52. The molecule has 0 fully saturated rings. The number of hydrogen-bond acceptors (Lipinski definition) is 6. The fraction of sp³-hybridized carbons (Fsp3) is 0.481. The molecule has 0 radical (unpaired) electrons. The van der Waals surface area contributed by atoms with Gasteiger partial charge in [0.05, 0.1) is 38.8 Å². The molecular weight excluding hydrogens is 482 g/mol. The van der Waals surface area contributed by atoms with Crippen molar-refractivity contribution in [3.8, 4) is 11.1 Å². The van der Waals surface area contributed by atoms with E-state index >= 15 is 0 Å². The smallest absolute Gasteiger partial charge is 0.309 e. The maximum atomic E-state index is 12.7. The standard InChI is InChI=1S/C22H32O6P2.C3H6.C2H6/c1-5-25-29(23,26-6-2)17-19-9-13-21(14-10-19)22-15-11-20(12-16-22)18-30(24,27-7-3)28-8-4;1-3-2;1-2/h9-16H,5-8,17-18H2,1-4H3;3H,1H2,2H3;1-2H3. The van der Waals surface area contributed by atoms with Gasteiger partial charge in [0, 0.05) is 0 Å². The third-order valence-corrected chi connectivity index (χ3v) is 8.41. The molecule has 0 heterocycles. The predicted octanol–water partition coefficient (Wildman–Crippen LogP) is 9.10. The molecule has 0 bridgehead atoms. The van der Waals surface area contributed by atoms with Gasteiger partial charge in [0.15, 0.2) is 0 Å². The van der Waals surface area contributed by atoms with Crippen LogP contribution in [0.25, 0.3) is 11.1 Å². The Bertz CT molecular complexity index is 817. The maximum Gasteiger partial charge on any atom is 0.335 e. The summed E-state index contributed by atoms with van der Waals surface area (Å²) in [5.74, 6) is 0. The van der Waals surface area contributed by atoms with Crippen molar-refractivity contribution in [2.24, 2.45) is 0 Å². The van der Waals surface area contributed by atoms with Gasteiger partial charge in [0.2, 0.25) is 0 Å². The van der Waals surface area contributed by atoms with Gasteiger partial charge in [0.25, 0.3) is 0 Å². The first-order valence-corrected chi connectivity index (χ1v) is 15.8. The average Bonchev–Trinajstić information content (AvgIpc) is 2.82. The molecule has 0 aliphatic rings. The molecule has 8 heteroatoms. The Kier molecular flexibility index (Phi) is 17.9. The van der Waals surface area contributed by atoms with E-state index in [2.05, 4.69) is 6.58 Å². The molecule has 0 saturated heterocycles. The van der Waals surface area contributed by atoms with Gasteiger partial charge in [-0.15, -0.1) is 6.58 Å². The zero-order valence-electron chi connectivity index (χ0n) is 22.5. The molecule has 6 nitrogen and oxygen atoms in total. The fourth-order valence-corrected chi connectivity index (χ4v) is 6.50. The van der Waals surface area contributed by atoms with Gasteiger partial charge < -0.3 is 18.1 Å². The third-order valence-electron chi connectivity index (χ3n) is 4.30. The molecule has 0 amide bonds. The molecule has 0 saturated carbocycles. The molecule has 0 spiro atoms. The summed E-state index contributed by atoms with van der Waals surface area (Å²) in [5, 5.41) is 0. The van der Waals surface area contributed by atoms with Crippen LogP contribution in [0.4, 0.5) is 0 Å². The van der Waals surface area contributed by atoms with Crippen LogP contribution in [-0.4, -0.2) is 26.4 Å². The van der Waals surface area contributed by atoms with Gasteiger partial charge in [-0.1, -0.05) is 68.5 Å². The number of benzene rings is 2. The molecule has 198 valence electrons. The minimum Gasteiger partial charge on any atom is -0.309 e. The number of hydrogen-bond donors (Lipinski definition) is 0. The van der Waals surface area contributed by atoms with Crippen LogP contribution in [0.2, 0.25) is 0 Å². The maximum absolute atomic E-state index is 12.7. The van der Waals surface area contributed by atoms with E-state index < -0.39 is 15.2 Å². The largest absolute Gasteiger partial charge is 0.335 e. The van der Waals surface area contributed by atoms with Crippen molar-refractivity contribution in [3.05, 3.63) is 72.3 Å². The molecule has 2 rings (SSSR count). The molecular formula is C27H44O6P2. The van der Waals surface area contributed by atoms with Gasteiger partial charge in [0.1, 0.15) is 0 Å². The average molecular weight is 527 g/mol. The van der Waals surface area contributed by atoms with Crippen LogP contribution in [0.1, 0.15) is 59.6 Å². The van der Waals surface area contributed by atoms with Crippen LogP contribution in [0.15, 0.2) is 61.2 Å². The van der Waals surface area contributed by atoms with Crippen LogP contribution in [0.3, 0.4) is 0 Å². The first kappa shape index (κ1) is 33.5. The quantitative estimate of drug-likeness (QED) is 0.191. The molecule has 0 unspecified atom stereocenters. The van der Waals surface area contributed by atoms with Crippen molar-refractivity contribution in [3.63, 3.8) is 0 Å². The van der Waals surface area contributed by atoms with Crippen LogP contribution >= 0.6 is 15.2 Å². The molecule has 0 aliphatic carbocycles. The summed E-state index contributed by atoms with van der Waals surface area (Å²) >= 11 is 0. The normalized spacial score (nSPS) is 11.1. The number of allylic oxidation sites excluding steroid dienone is 1. The van der Waals surface area contributed by atoms with E-state index in [1.165, 1.54) is 0 Å². The summed E-state index contributed by atoms with van der Waals surface area (Å²) in [6.45, 7) is 17.9. The van der Waals surface area contributed by atoms with E-state index in [-0.39, 0.29) is 12.3 Å². The Morgan fingerprint density at radius 1 is 0.629 bits per heavy atom. The predicted molar refractivity (Wildman–Crippen MR) is 148 cm³/mol. The second kappa shape index (κ2) is 18.7. The minimum atomic E-state index is -3.12. The van der Waals surface area contributed by atoms with E-state index in [1.807, 2.05) is 69.3 Å². The van der Waals surface area contributed by atoms with Crippen LogP contribution < -0.4 is 0 Å². The first-order valence-electron chi connectivity index (χ1n) is 12.3. The lowest BCUT2D eigenvalue weighted by Gasteiger charge is -2.17. The van der Waals surface area contributed by atoms with E-state index in [1.54, 1.807) is 33.8 Å². The lowest BCUT2D eigenvalue weighted by molar-refractivity contribution is 0.218. The summed E-state index contributed by atoms with van der Waals surface area (Å²) in [6.07, 6.45) is 2.25. The van der Waals surface area contributed by atoms with Gasteiger partial charge in [-0.3, -0.25) is 9.13 Å². The molecule has 0 aromatic heterocycles. The topological polar surface area (TPSA) is 71.1 Å². The second-order valence-corrected chi connectivity index (χ2v) is 11.1. The van der Waals surface area contributed by atoms with E-state index in [4.69, 9.17) is 18.1 Å². The summed E-state index contributed by atoms with van der Waals surface area (Å²) in [7, 11) is -6.23. The Morgan fingerprint density at radius 3 is 1.06 bits per heavy atom. The van der Waals surface area contributed by atoms with Gasteiger partial charge in [-0.25, -0.2) is 0 Å². The summed E-state index contributed by atoms with van der Waals surface area (Å²) in [5.41, 5.74) is 3.86. The van der Waals surface area contributed by atoms with Gasteiger partial charge >= 0.3 is 15.2 Å². The third kappa shape index (κ3) is 12.8. The lowest BCUT2D eigenvalue weighted by atomic mass is 10.0. The monoisotopic (exact) mass is 526 g/mol. The van der Waals surface area contributed by atoms with Crippen LogP contribution in [-0.2, 0) is 39.5 Å². The highest BCUT2D eigenvalue weighted by molar-refractivity contribution is 7.53. The van der Waals surface area contributed by atoms with Gasteiger partial charge in [-0.2, -0.15) is 0 Å². The van der Waals surface area contributed by atoms with Crippen molar-refractivity contribution in [2.45, 2.75) is 60.8 Å². The van der Waals surface area contributed by atoms with Crippen molar-refractivity contribution >= 4 is 15.2 Å². The SMILES string of the molecule is C=CC.CC.CCOP(=O)(Cc1ccc(-c2ccc(CP(=O)(OCC)OCC)cc2)cc1)OCC. The van der Waals surface area contributed by atoms with Crippen molar-refractivity contribution < 1.29 is 27.2 Å². The minimum absolute atomic E-state index is 0.248. The Balaban J connectivity index is 0.00000214. The molecule has 2 aromatic rings. The van der Waals surface area contributed by atoms with E-state index in [0.29, 0.717) is 26.4 Å². The summed E-state index contributed by atoms with van der Waals surface area (Å²) in [4.78, 5) is 0. The van der Waals surface area contributed by atoms with Crippen molar-refractivity contribution in [1.29, 1.82) is 0 Å². The highest BCUT2D eigenvalue weighted by Gasteiger charge is 2.25. The molecule has 2 aromatic carbocycles. The Labute approximate surface area is 213 Å². The first-order chi connectivity index (χ1) is 16.8. The summed E-state index contributed by atoms with van der Waals surface area (Å²) in [6, 6.07) is 15.7. The highest BCUT2D eigenvalue weighted by Crippen LogP contribution is 2.52.